The average Bonchev–Trinajstić information content (AvgIpc) is 2.97. The Morgan fingerprint density at radius 2 is 1.24 bits per heavy atom. The maximum atomic E-state index is 12.6. The van der Waals surface area contributed by atoms with Crippen molar-refractivity contribution in [1.29, 1.82) is 10.8 Å². The van der Waals surface area contributed by atoms with E-state index < -0.39 is 30.3 Å². The maximum Gasteiger partial charge on any atom is 0.490 e. The van der Waals surface area contributed by atoms with Crippen molar-refractivity contribution in [2.75, 3.05) is 19.6 Å². The van der Waals surface area contributed by atoms with Gasteiger partial charge in [-0.2, -0.15) is 26.3 Å². The summed E-state index contributed by atoms with van der Waals surface area (Å²) in [5.74, 6) is -3.50. The molecular weight excluding hydrogens is 630 g/mol. The Morgan fingerprint density at radius 1 is 0.761 bits per heavy atom. The van der Waals surface area contributed by atoms with E-state index in [1.807, 2.05) is 42.2 Å². The lowest BCUT2D eigenvalue weighted by Crippen LogP contribution is -2.40. The number of nitrogens with zero attached hydrogens (tertiary/aromatic N) is 2. The molecule has 46 heavy (non-hydrogen) atoms. The predicted molar refractivity (Wildman–Crippen MR) is 151 cm³/mol. The summed E-state index contributed by atoms with van der Waals surface area (Å²) in [6, 6.07) is 12.8. The standard InChI is InChI=1S/C25H30N4O3.2C2HF3O2/c1-17(26)28-13-10-23(11-14-28)31-22-6-4-20(5-7-22)25(30)32-24-8-3-19-9-12-29(18(2)27)16-21(19)15-24;2*3-2(4,5)1(6)7/h3-8,15,23,26-27H,9-14,16H2,1-2H3;2*(H,6,7). The summed E-state index contributed by atoms with van der Waals surface area (Å²) in [4.78, 5) is 34.5. The molecule has 1 saturated heterocycles. The van der Waals surface area contributed by atoms with Crippen molar-refractivity contribution < 1.29 is 60.4 Å². The first-order valence-corrected chi connectivity index (χ1v) is 13.6. The summed E-state index contributed by atoms with van der Waals surface area (Å²) in [5, 5.41) is 29.8. The van der Waals surface area contributed by atoms with Gasteiger partial charge in [-0.1, -0.05) is 6.07 Å². The number of benzene rings is 2. The summed E-state index contributed by atoms with van der Waals surface area (Å²) >= 11 is 0. The van der Waals surface area contributed by atoms with Crippen LogP contribution in [0.5, 0.6) is 11.5 Å². The Bertz CT molecular complexity index is 1380. The fraction of sp³-hybridized carbons (Fsp3) is 0.414. The van der Waals surface area contributed by atoms with Gasteiger partial charge in [0.2, 0.25) is 0 Å². The lowest BCUT2D eigenvalue weighted by Gasteiger charge is -2.32. The minimum absolute atomic E-state index is 0.128. The van der Waals surface area contributed by atoms with Crippen molar-refractivity contribution in [1.82, 2.24) is 9.80 Å². The monoisotopic (exact) mass is 662 g/mol. The minimum atomic E-state index is -5.08. The van der Waals surface area contributed by atoms with E-state index in [0.29, 0.717) is 29.5 Å². The zero-order chi connectivity index (χ0) is 34.8. The van der Waals surface area contributed by atoms with Crippen molar-refractivity contribution in [2.24, 2.45) is 0 Å². The number of hydrogen-bond acceptors (Lipinski definition) is 7. The average molecular weight is 663 g/mol. The fourth-order valence-electron chi connectivity index (χ4n) is 4.22. The number of ether oxygens (including phenoxy) is 2. The highest BCUT2D eigenvalue weighted by molar-refractivity contribution is 5.91. The number of fused-ring (bicyclic) bond motifs is 1. The van der Waals surface area contributed by atoms with Gasteiger partial charge in [-0.25, -0.2) is 14.4 Å². The van der Waals surface area contributed by atoms with Crippen molar-refractivity contribution in [3.05, 3.63) is 59.2 Å². The Morgan fingerprint density at radius 3 is 1.70 bits per heavy atom. The van der Waals surface area contributed by atoms with Gasteiger partial charge in [-0.3, -0.25) is 10.8 Å². The number of rotatable bonds is 4. The van der Waals surface area contributed by atoms with Gasteiger partial charge in [0.25, 0.3) is 0 Å². The molecule has 0 saturated carbocycles. The quantitative estimate of drug-likeness (QED) is 0.111. The van der Waals surface area contributed by atoms with Crippen LogP contribution in [0.3, 0.4) is 0 Å². The summed E-state index contributed by atoms with van der Waals surface area (Å²) in [5.41, 5.74) is 2.81. The molecule has 0 spiro atoms. The molecule has 0 unspecified atom stereocenters. The van der Waals surface area contributed by atoms with Crippen LogP contribution >= 0.6 is 0 Å². The predicted octanol–water partition coefficient (Wildman–Crippen LogP) is 5.37. The van der Waals surface area contributed by atoms with Crippen molar-refractivity contribution in [3.8, 4) is 11.5 Å². The molecule has 2 aliphatic rings. The highest BCUT2D eigenvalue weighted by Crippen LogP contribution is 2.25. The van der Waals surface area contributed by atoms with Crippen LogP contribution in [0.25, 0.3) is 0 Å². The largest absolute Gasteiger partial charge is 0.490 e. The second-order valence-corrected chi connectivity index (χ2v) is 10.1. The molecule has 1 fully saturated rings. The van der Waals surface area contributed by atoms with Gasteiger partial charge < -0.3 is 29.5 Å². The second kappa shape index (κ2) is 15.9. The van der Waals surface area contributed by atoms with Crippen molar-refractivity contribution in [3.63, 3.8) is 0 Å². The molecule has 0 aliphatic carbocycles. The number of halogens is 6. The zero-order valence-corrected chi connectivity index (χ0v) is 24.7. The highest BCUT2D eigenvalue weighted by atomic mass is 19.4. The Labute approximate surface area is 259 Å². The van der Waals surface area contributed by atoms with Crippen LogP contribution in [-0.4, -0.2) is 87.7 Å². The number of piperidine rings is 1. The molecule has 2 heterocycles. The van der Waals surface area contributed by atoms with E-state index >= 15 is 0 Å². The Balaban J connectivity index is 0.000000440. The summed E-state index contributed by atoms with van der Waals surface area (Å²) in [7, 11) is 0. The van der Waals surface area contributed by atoms with Gasteiger partial charge in [-0.05, 0) is 67.8 Å². The lowest BCUT2D eigenvalue weighted by molar-refractivity contribution is -0.193. The third-order valence-electron chi connectivity index (χ3n) is 6.67. The molecule has 0 aromatic heterocycles. The van der Waals surface area contributed by atoms with Gasteiger partial charge in [0.1, 0.15) is 17.6 Å². The molecule has 0 amide bonds. The molecule has 4 rings (SSSR count). The molecule has 17 heteroatoms. The number of hydrogen-bond donors (Lipinski definition) is 4. The van der Waals surface area contributed by atoms with Gasteiger partial charge in [0.05, 0.1) is 17.2 Å². The first-order chi connectivity index (χ1) is 21.3. The first kappa shape index (κ1) is 37.4. The topological polar surface area (TPSA) is 164 Å². The van der Waals surface area contributed by atoms with Crippen LogP contribution < -0.4 is 9.47 Å². The van der Waals surface area contributed by atoms with E-state index in [1.54, 1.807) is 19.1 Å². The molecule has 2 aliphatic heterocycles. The molecule has 0 atom stereocenters. The smallest absolute Gasteiger partial charge is 0.490 e. The van der Waals surface area contributed by atoms with Crippen molar-refractivity contribution in [2.45, 2.75) is 58.1 Å². The van der Waals surface area contributed by atoms with Gasteiger partial charge in [-0.15, -0.1) is 0 Å². The highest BCUT2D eigenvalue weighted by Gasteiger charge is 2.39. The normalized spacial score (nSPS) is 14.8. The molecule has 2 aromatic carbocycles. The van der Waals surface area contributed by atoms with Gasteiger partial charge in [0.15, 0.2) is 0 Å². The van der Waals surface area contributed by atoms with E-state index in [2.05, 4.69) is 4.90 Å². The molecule has 252 valence electrons. The Kier molecular flexibility index (Phi) is 12.9. The van der Waals surface area contributed by atoms with Crippen LogP contribution in [0.2, 0.25) is 0 Å². The van der Waals surface area contributed by atoms with E-state index in [1.165, 1.54) is 5.56 Å². The maximum absolute atomic E-state index is 12.6. The van der Waals surface area contributed by atoms with Crippen LogP contribution in [-0.2, 0) is 22.6 Å². The number of nitrogens with one attached hydrogen (secondary N) is 2. The lowest BCUT2D eigenvalue weighted by atomic mass is 9.99. The SMILES string of the molecule is CC(=N)N1CCC(Oc2ccc(C(=O)Oc3ccc4c(c3)CN(C(C)=N)CC4)cc2)CC1.O=C(O)C(F)(F)F.O=C(O)C(F)(F)F. The fourth-order valence-corrected chi connectivity index (χ4v) is 4.22. The van der Waals surface area contributed by atoms with Crippen LogP contribution in [0.15, 0.2) is 42.5 Å². The van der Waals surface area contributed by atoms with Crippen LogP contribution in [0, 0.1) is 10.8 Å². The third-order valence-corrected chi connectivity index (χ3v) is 6.67. The summed E-state index contributed by atoms with van der Waals surface area (Å²) in [6.07, 6.45) is -7.38. The number of amidine groups is 2. The number of likely N-dealkylation sites (tertiary alicyclic amines) is 1. The Hall–Kier alpha value is -4.83. The number of esters is 1. The minimum Gasteiger partial charge on any atom is -0.490 e. The van der Waals surface area contributed by atoms with Crippen molar-refractivity contribution >= 4 is 29.6 Å². The number of carbonyl (C=O) groups excluding carboxylic acids is 1. The molecule has 2 aromatic rings. The first-order valence-electron chi connectivity index (χ1n) is 13.6. The van der Waals surface area contributed by atoms with E-state index in [9.17, 15) is 31.1 Å². The van der Waals surface area contributed by atoms with Crippen LogP contribution in [0.1, 0.15) is 48.2 Å². The second-order valence-electron chi connectivity index (χ2n) is 10.1. The molecule has 4 N–H and O–H groups in total. The van der Waals surface area contributed by atoms with E-state index in [-0.39, 0.29) is 6.10 Å². The molecule has 0 radical (unpaired) electrons. The van der Waals surface area contributed by atoms with E-state index in [4.69, 9.17) is 40.1 Å². The number of carboxylic acids is 2. The third kappa shape index (κ3) is 11.9. The molecular formula is C29H32F6N4O7. The number of carbonyl (C=O) groups is 3. The zero-order valence-electron chi connectivity index (χ0n) is 24.7. The van der Waals surface area contributed by atoms with Gasteiger partial charge in [0, 0.05) is 39.0 Å². The van der Waals surface area contributed by atoms with Gasteiger partial charge >= 0.3 is 30.3 Å². The van der Waals surface area contributed by atoms with E-state index in [0.717, 1.165) is 50.2 Å². The number of carboxylic acid groups (broad SMARTS) is 2. The number of aliphatic carboxylic acids is 2. The molecule has 0 bridgehead atoms. The number of alkyl halides is 6. The summed E-state index contributed by atoms with van der Waals surface area (Å²) < 4.78 is 75.1. The summed E-state index contributed by atoms with van der Waals surface area (Å²) in [6.45, 7) is 6.79. The van der Waals surface area contributed by atoms with Crippen LogP contribution in [0.4, 0.5) is 26.3 Å². The molecule has 11 nitrogen and oxygen atoms in total.